The Balaban J connectivity index is 1.04. The SMILES string of the molecule is COC[C@@H](C)CN(Cc1ncc(-c2ccc3c(c2)COc2cc4c(ccc5[nH]c([C@@H]6CC[C@H](C)N6C(=O)[C@@H](NC(=O)OC)C(C)C)nc54)cc2-3)[nH]1)C(=O)[C@H](NC(=O)OC)c1ccccc1. The third kappa shape index (κ3) is 9.21. The second-order valence-electron chi connectivity index (χ2n) is 17.4. The summed E-state index contributed by atoms with van der Waals surface area (Å²) in [6.45, 7) is 9.17. The second-order valence-corrected chi connectivity index (χ2v) is 17.4. The fourth-order valence-electron chi connectivity index (χ4n) is 9.12. The third-order valence-electron chi connectivity index (χ3n) is 12.4. The summed E-state index contributed by atoms with van der Waals surface area (Å²) < 4.78 is 21.5. The number of benzene rings is 4. The topological polar surface area (TPSA) is 193 Å². The molecule has 2 aromatic heterocycles. The molecule has 340 valence electrons. The van der Waals surface area contributed by atoms with Crippen LogP contribution in [0.2, 0.25) is 0 Å². The van der Waals surface area contributed by atoms with Crippen molar-refractivity contribution in [1.29, 1.82) is 0 Å². The van der Waals surface area contributed by atoms with E-state index >= 15 is 0 Å². The summed E-state index contributed by atoms with van der Waals surface area (Å²) in [6, 6.07) is 21.6. The van der Waals surface area contributed by atoms with Crippen molar-refractivity contribution >= 4 is 45.8 Å². The molecule has 65 heavy (non-hydrogen) atoms. The molecule has 0 bridgehead atoms. The number of H-pyrrole nitrogens is 2. The van der Waals surface area contributed by atoms with Crippen molar-refractivity contribution in [2.45, 2.75) is 77.9 Å². The molecule has 6 aromatic rings. The number of hydrogen-bond donors (Lipinski definition) is 4. The number of hydrogen-bond acceptors (Lipinski definition) is 10. The van der Waals surface area contributed by atoms with Crippen LogP contribution >= 0.6 is 0 Å². The highest BCUT2D eigenvalue weighted by Gasteiger charge is 2.41. The first-order chi connectivity index (χ1) is 31.4. The van der Waals surface area contributed by atoms with Gasteiger partial charge in [0.1, 0.15) is 36.1 Å². The number of aromatic nitrogens is 4. The average Bonchev–Trinajstić information content (AvgIpc) is 4.07. The summed E-state index contributed by atoms with van der Waals surface area (Å²) in [5.74, 6) is 1.43. The number of amides is 4. The number of methoxy groups -OCH3 is 3. The highest BCUT2D eigenvalue weighted by Crippen LogP contribution is 2.43. The number of imidazole rings is 2. The molecule has 4 heterocycles. The maximum absolute atomic E-state index is 14.2. The lowest BCUT2D eigenvalue weighted by Crippen LogP contribution is -2.52. The number of nitrogens with one attached hydrogen (secondary N) is 4. The van der Waals surface area contributed by atoms with Crippen molar-refractivity contribution < 1.29 is 38.1 Å². The molecule has 2 aliphatic heterocycles. The maximum atomic E-state index is 14.2. The molecule has 0 radical (unpaired) electrons. The van der Waals surface area contributed by atoms with Gasteiger partial charge in [0.2, 0.25) is 11.8 Å². The van der Waals surface area contributed by atoms with E-state index in [1.807, 2.05) is 62.9 Å². The van der Waals surface area contributed by atoms with E-state index in [0.717, 1.165) is 68.3 Å². The second kappa shape index (κ2) is 19.0. The smallest absolute Gasteiger partial charge is 0.407 e. The van der Waals surface area contributed by atoms with Crippen molar-refractivity contribution in [2.24, 2.45) is 11.8 Å². The van der Waals surface area contributed by atoms with Crippen LogP contribution < -0.4 is 15.4 Å². The third-order valence-corrected chi connectivity index (χ3v) is 12.4. The van der Waals surface area contributed by atoms with Crippen LogP contribution in [-0.2, 0) is 37.0 Å². The summed E-state index contributed by atoms with van der Waals surface area (Å²) in [5, 5.41) is 7.38. The van der Waals surface area contributed by atoms with Gasteiger partial charge in [-0.15, -0.1) is 0 Å². The van der Waals surface area contributed by atoms with Gasteiger partial charge in [-0.1, -0.05) is 69.3 Å². The van der Waals surface area contributed by atoms with Gasteiger partial charge < -0.3 is 49.3 Å². The molecule has 4 aromatic carbocycles. The maximum Gasteiger partial charge on any atom is 0.407 e. The van der Waals surface area contributed by atoms with Gasteiger partial charge in [0.05, 0.1) is 56.3 Å². The van der Waals surface area contributed by atoms with Crippen molar-refractivity contribution in [1.82, 2.24) is 40.4 Å². The van der Waals surface area contributed by atoms with Gasteiger partial charge in [0, 0.05) is 30.6 Å². The van der Waals surface area contributed by atoms with E-state index in [2.05, 4.69) is 55.9 Å². The number of carbonyl (C=O) groups excluding carboxylic acids is 4. The van der Waals surface area contributed by atoms with Crippen LogP contribution in [0.4, 0.5) is 9.59 Å². The first-order valence-electron chi connectivity index (χ1n) is 22.0. The highest BCUT2D eigenvalue weighted by molar-refractivity contribution is 6.07. The van der Waals surface area contributed by atoms with E-state index < -0.39 is 24.3 Å². The number of fused-ring (bicyclic) bond motifs is 6. The molecule has 2 aliphatic rings. The van der Waals surface area contributed by atoms with Crippen LogP contribution in [0.1, 0.15) is 75.4 Å². The molecule has 8 rings (SSSR count). The van der Waals surface area contributed by atoms with Gasteiger partial charge in [0.15, 0.2) is 0 Å². The molecular weight excluding hydrogens is 829 g/mol. The zero-order chi connectivity index (χ0) is 45.9. The molecule has 0 unspecified atom stereocenters. The molecular formula is C49H56N8O8. The van der Waals surface area contributed by atoms with E-state index in [1.165, 1.54) is 14.2 Å². The van der Waals surface area contributed by atoms with Crippen LogP contribution in [0.5, 0.6) is 5.75 Å². The minimum absolute atomic E-state index is 0.00212. The molecule has 0 saturated carbocycles. The van der Waals surface area contributed by atoms with Gasteiger partial charge in [-0.2, -0.15) is 0 Å². The number of ether oxygens (including phenoxy) is 4. The standard InChI is InChI=1S/C49H56N8O8/c1-27(2)42(54-48(60)63-6)47(59)57-29(4)13-18-39(57)45-52-37-17-15-31-20-36-34-16-14-32(19-33(34)26-65-40(36)21-35(31)44(37)53-45)38-22-50-41(51-38)24-56(23-28(3)25-62-5)46(58)43(55-49(61)64-7)30-11-9-8-10-12-30/h8-12,14-17,19-22,27-29,39,42-43H,13,18,23-26H2,1-7H3,(H,50,51)(H,52,53)(H,54,60)(H,55,61)/t28-,29-,39-,42-,43+/m0/s1. The summed E-state index contributed by atoms with van der Waals surface area (Å²) >= 11 is 0. The lowest BCUT2D eigenvalue weighted by atomic mass is 9.92. The number of rotatable bonds is 14. The van der Waals surface area contributed by atoms with Crippen molar-refractivity contribution in [3.05, 3.63) is 102 Å². The predicted octanol–water partition coefficient (Wildman–Crippen LogP) is 7.81. The summed E-state index contributed by atoms with van der Waals surface area (Å²) in [4.78, 5) is 73.1. The Morgan fingerprint density at radius 3 is 2.42 bits per heavy atom. The Kier molecular flexibility index (Phi) is 13.1. The molecule has 1 fully saturated rings. The number of aromatic amines is 2. The molecule has 4 amide bonds. The molecule has 4 N–H and O–H groups in total. The first-order valence-corrected chi connectivity index (χ1v) is 22.0. The minimum Gasteiger partial charge on any atom is -0.488 e. The Morgan fingerprint density at radius 1 is 0.908 bits per heavy atom. The van der Waals surface area contributed by atoms with Crippen LogP contribution in [0, 0.1) is 11.8 Å². The van der Waals surface area contributed by atoms with E-state index in [1.54, 1.807) is 30.3 Å². The van der Waals surface area contributed by atoms with Crippen molar-refractivity contribution in [3.63, 3.8) is 0 Å². The number of carbonyl (C=O) groups is 4. The molecule has 0 aliphatic carbocycles. The fraction of sp³-hybridized carbons (Fsp3) is 0.388. The zero-order valence-corrected chi connectivity index (χ0v) is 37.8. The number of alkyl carbamates (subject to hydrolysis) is 2. The zero-order valence-electron chi connectivity index (χ0n) is 37.8. The molecule has 16 heteroatoms. The van der Waals surface area contributed by atoms with Gasteiger partial charge in [-0.05, 0) is 83.5 Å². The van der Waals surface area contributed by atoms with E-state index in [-0.39, 0.29) is 42.3 Å². The summed E-state index contributed by atoms with van der Waals surface area (Å²) in [5.41, 5.74) is 7.02. The normalized spacial score (nSPS) is 16.9. The predicted molar refractivity (Wildman–Crippen MR) is 245 cm³/mol. The fourth-order valence-corrected chi connectivity index (χ4v) is 9.12. The van der Waals surface area contributed by atoms with Crippen LogP contribution in [-0.4, -0.2) is 100 Å². The quantitative estimate of drug-likeness (QED) is 0.0839. The van der Waals surface area contributed by atoms with Gasteiger partial charge in [0.25, 0.3) is 0 Å². The van der Waals surface area contributed by atoms with E-state index in [9.17, 15) is 19.2 Å². The van der Waals surface area contributed by atoms with E-state index in [4.69, 9.17) is 23.9 Å². The van der Waals surface area contributed by atoms with Gasteiger partial charge in [-0.3, -0.25) is 9.59 Å². The Bertz CT molecular complexity index is 2710. The van der Waals surface area contributed by atoms with Crippen LogP contribution in [0.15, 0.2) is 79.0 Å². The lowest BCUT2D eigenvalue weighted by Gasteiger charge is -2.32. The van der Waals surface area contributed by atoms with Crippen LogP contribution in [0.25, 0.3) is 44.2 Å². The Morgan fingerprint density at radius 2 is 1.68 bits per heavy atom. The largest absolute Gasteiger partial charge is 0.488 e. The Hall–Kier alpha value is -6.94. The summed E-state index contributed by atoms with van der Waals surface area (Å²) in [6.07, 6.45) is 1.96. The lowest BCUT2D eigenvalue weighted by molar-refractivity contribution is -0.137. The van der Waals surface area contributed by atoms with Crippen molar-refractivity contribution in [3.8, 4) is 28.1 Å². The average molecular weight is 885 g/mol. The Labute approximate surface area is 377 Å². The van der Waals surface area contributed by atoms with Gasteiger partial charge >= 0.3 is 12.2 Å². The van der Waals surface area contributed by atoms with E-state index in [0.29, 0.717) is 37.0 Å². The highest BCUT2D eigenvalue weighted by atomic mass is 16.5. The van der Waals surface area contributed by atoms with Gasteiger partial charge in [-0.25, -0.2) is 19.6 Å². The van der Waals surface area contributed by atoms with Crippen molar-refractivity contribution in [2.75, 3.05) is 34.5 Å². The minimum atomic E-state index is -0.970. The number of likely N-dealkylation sites (tertiary alicyclic amines) is 1. The number of nitrogens with zero attached hydrogens (tertiary/aromatic N) is 4. The summed E-state index contributed by atoms with van der Waals surface area (Å²) in [7, 11) is 4.18. The van der Waals surface area contributed by atoms with Crippen LogP contribution in [0.3, 0.4) is 0 Å². The molecule has 5 atom stereocenters. The first kappa shape index (κ1) is 44.7. The molecule has 16 nitrogen and oxygen atoms in total. The molecule has 1 saturated heterocycles. The monoisotopic (exact) mass is 884 g/mol. The molecule has 0 spiro atoms.